The van der Waals surface area contributed by atoms with Gasteiger partial charge in [0.25, 0.3) is 0 Å². The molecule has 0 aromatic heterocycles. The fourth-order valence-electron chi connectivity index (χ4n) is 0.265. The van der Waals surface area contributed by atoms with E-state index >= 15 is 0 Å². The van der Waals surface area contributed by atoms with Crippen molar-refractivity contribution in [2.75, 3.05) is 0 Å². The van der Waals surface area contributed by atoms with Crippen LogP contribution in [0.5, 0.6) is 0 Å². The minimum Gasteiger partial charge on any atom is -0.345 e. The van der Waals surface area contributed by atoms with Crippen molar-refractivity contribution in [3.05, 3.63) is 11.8 Å². The summed E-state index contributed by atoms with van der Waals surface area (Å²) in [5.41, 5.74) is 0.857. The lowest BCUT2D eigenvalue weighted by molar-refractivity contribution is -0.310. The van der Waals surface area contributed by atoms with E-state index in [4.69, 9.17) is 9.78 Å². The van der Waals surface area contributed by atoms with Gasteiger partial charge in [0.2, 0.25) is 0 Å². The van der Waals surface area contributed by atoms with Crippen LogP contribution in [0.1, 0.15) is 34.6 Å². The van der Waals surface area contributed by atoms with Gasteiger partial charge in [-0.1, -0.05) is 0 Å². The summed E-state index contributed by atoms with van der Waals surface area (Å²) in [5, 5.41) is 0. The highest BCUT2D eigenvalue weighted by molar-refractivity contribution is 4.85. The first-order valence-corrected chi connectivity index (χ1v) is 3.40. The monoisotopic (exact) mass is 144 g/mol. The van der Waals surface area contributed by atoms with Crippen molar-refractivity contribution in [1.82, 2.24) is 0 Å². The third-order valence-corrected chi connectivity index (χ3v) is 0.582. The normalized spacial score (nSPS) is 10.9. The van der Waals surface area contributed by atoms with Gasteiger partial charge in [-0.15, -0.1) is 0 Å². The van der Waals surface area contributed by atoms with E-state index in [1.165, 1.54) is 0 Å². The van der Waals surface area contributed by atoms with Gasteiger partial charge in [-0.25, -0.2) is 0 Å². The van der Waals surface area contributed by atoms with Crippen molar-refractivity contribution in [3.8, 4) is 0 Å². The fourth-order valence-corrected chi connectivity index (χ4v) is 0.265. The fraction of sp³-hybridized carbons (Fsp3) is 0.750. The molecule has 0 saturated heterocycles. The van der Waals surface area contributed by atoms with Crippen molar-refractivity contribution in [2.45, 2.75) is 40.2 Å². The standard InChI is InChI=1S/C8H16O2/c1-7(2)6-9-10-8(3,4)5/h6H,1-5H3. The summed E-state index contributed by atoms with van der Waals surface area (Å²) in [6.45, 7) is 9.71. The molecule has 0 rings (SSSR count). The molecule has 60 valence electrons. The number of hydrogen-bond acceptors (Lipinski definition) is 2. The van der Waals surface area contributed by atoms with E-state index in [-0.39, 0.29) is 5.60 Å². The second-order valence-electron chi connectivity index (χ2n) is 3.49. The van der Waals surface area contributed by atoms with Gasteiger partial charge in [-0.3, -0.25) is 0 Å². The molecule has 10 heavy (non-hydrogen) atoms. The molecule has 0 heterocycles. The molecule has 0 unspecified atom stereocenters. The highest BCUT2D eigenvalue weighted by Gasteiger charge is 2.10. The Morgan fingerprint density at radius 1 is 1.20 bits per heavy atom. The van der Waals surface area contributed by atoms with E-state index in [2.05, 4.69) is 0 Å². The van der Waals surface area contributed by atoms with Gasteiger partial charge in [0.15, 0.2) is 0 Å². The van der Waals surface area contributed by atoms with Gasteiger partial charge in [0, 0.05) is 0 Å². The van der Waals surface area contributed by atoms with Gasteiger partial charge in [0.05, 0.1) is 0 Å². The highest BCUT2D eigenvalue weighted by Crippen LogP contribution is 2.07. The lowest BCUT2D eigenvalue weighted by atomic mass is 10.2. The molecule has 0 saturated carbocycles. The minimum absolute atomic E-state index is 0.230. The highest BCUT2D eigenvalue weighted by atomic mass is 17.2. The molecule has 0 amide bonds. The van der Waals surface area contributed by atoms with Gasteiger partial charge in [-0.2, -0.15) is 4.89 Å². The molecule has 2 heteroatoms. The average molecular weight is 144 g/mol. The van der Waals surface area contributed by atoms with E-state index < -0.39 is 0 Å². The van der Waals surface area contributed by atoms with E-state index in [1.54, 1.807) is 6.26 Å². The average Bonchev–Trinajstić information content (AvgIpc) is 1.59. The smallest absolute Gasteiger partial charge is 0.128 e. The molecule has 0 aliphatic carbocycles. The van der Waals surface area contributed by atoms with Crippen molar-refractivity contribution < 1.29 is 9.78 Å². The third kappa shape index (κ3) is 7.50. The van der Waals surface area contributed by atoms with Crippen LogP contribution in [0, 0.1) is 0 Å². The van der Waals surface area contributed by atoms with E-state index in [0.29, 0.717) is 0 Å². The van der Waals surface area contributed by atoms with E-state index in [0.717, 1.165) is 5.57 Å². The summed E-state index contributed by atoms with van der Waals surface area (Å²) in [4.78, 5) is 9.76. The maximum Gasteiger partial charge on any atom is 0.128 e. The van der Waals surface area contributed by atoms with Crippen molar-refractivity contribution in [3.63, 3.8) is 0 Å². The zero-order chi connectivity index (χ0) is 8.20. The number of rotatable bonds is 2. The van der Waals surface area contributed by atoms with Crippen molar-refractivity contribution >= 4 is 0 Å². The first-order valence-electron chi connectivity index (χ1n) is 3.40. The second kappa shape index (κ2) is 3.62. The Labute approximate surface area is 62.8 Å². The molecule has 0 aliphatic heterocycles. The van der Waals surface area contributed by atoms with Crippen molar-refractivity contribution in [2.24, 2.45) is 0 Å². The molecule has 0 atom stereocenters. The molecule has 0 radical (unpaired) electrons. The van der Waals surface area contributed by atoms with Crippen LogP contribution in [0.2, 0.25) is 0 Å². The molecule has 0 N–H and O–H groups in total. The zero-order valence-electron chi connectivity index (χ0n) is 7.39. The van der Waals surface area contributed by atoms with Crippen LogP contribution in [-0.4, -0.2) is 5.60 Å². The van der Waals surface area contributed by atoms with Crippen LogP contribution < -0.4 is 0 Å². The predicted octanol–water partition coefficient (Wildman–Crippen LogP) is 2.66. The minimum atomic E-state index is -0.230. The molecule has 0 aromatic carbocycles. The van der Waals surface area contributed by atoms with Gasteiger partial charge in [-0.05, 0) is 40.2 Å². The van der Waals surface area contributed by atoms with E-state index in [1.807, 2.05) is 34.6 Å². The van der Waals surface area contributed by atoms with Crippen molar-refractivity contribution in [1.29, 1.82) is 0 Å². The summed E-state index contributed by atoms with van der Waals surface area (Å²) in [6, 6.07) is 0. The quantitative estimate of drug-likeness (QED) is 0.337. The Morgan fingerprint density at radius 3 is 2.00 bits per heavy atom. The SMILES string of the molecule is CC(C)=COOC(C)(C)C. The number of hydrogen-bond donors (Lipinski definition) is 0. The maximum absolute atomic E-state index is 4.96. The summed E-state index contributed by atoms with van der Waals surface area (Å²) >= 11 is 0. The Bertz CT molecular complexity index is 116. The van der Waals surface area contributed by atoms with E-state index in [9.17, 15) is 0 Å². The topological polar surface area (TPSA) is 18.5 Å². The Hall–Kier alpha value is -0.500. The molecular weight excluding hydrogens is 128 g/mol. The molecule has 0 aliphatic rings. The largest absolute Gasteiger partial charge is 0.345 e. The molecule has 0 fully saturated rings. The van der Waals surface area contributed by atoms with Gasteiger partial charge >= 0.3 is 0 Å². The Balaban J connectivity index is 3.47. The first-order chi connectivity index (χ1) is 4.42. The second-order valence-corrected chi connectivity index (χ2v) is 3.49. The lowest BCUT2D eigenvalue weighted by Gasteiger charge is -2.15. The Morgan fingerprint density at radius 2 is 1.70 bits per heavy atom. The summed E-state index contributed by atoms with van der Waals surface area (Å²) < 4.78 is 0. The van der Waals surface area contributed by atoms with Crippen LogP contribution in [0.15, 0.2) is 11.8 Å². The zero-order valence-corrected chi connectivity index (χ0v) is 7.39. The maximum atomic E-state index is 4.96. The Kier molecular flexibility index (Phi) is 3.43. The third-order valence-electron chi connectivity index (χ3n) is 0.582. The molecule has 0 aromatic rings. The molecule has 0 spiro atoms. The first kappa shape index (κ1) is 9.50. The summed E-state index contributed by atoms with van der Waals surface area (Å²) in [5.74, 6) is 0. The lowest BCUT2D eigenvalue weighted by Crippen LogP contribution is -2.17. The molecule has 2 nitrogen and oxygen atoms in total. The van der Waals surface area contributed by atoms with Crippen LogP contribution in [0.3, 0.4) is 0 Å². The van der Waals surface area contributed by atoms with Crippen LogP contribution in [0.4, 0.5) is 0 Å². The molecular formula is C8H16O2. The van der Waals surface area contributed by atoms with Gasteiger partial charge in [0.1, 0.15) is 11.9 Å². The predicted molar refractivity (Wildman–Crippen MR) is 41.4 cm³/mol. The van der Waals surface area contributed by atoms with Crippen LogP contribution >= 0.6 is 0 Å². The number of allylic oxidation sites excluding steroid dienone is 1. The van der Waals surface area contributed by atoms with Gasteiger partial charge < -0.3 is 4.89 Å². The summed E-state index contributed by atoms with van der Waals surface area (Å²) in [7, 11) is 0. The van der Waals surface area contributed by atoms with Crippen LogP contribution in [-0.2, 0) is 9.78 Å². The van der Waals surface area contributed by atoms with Crippen LogP contribution in [0.25, 0.3) is 0 Å². The molecule has 0 bridgehead atoms. The summed E-state index contributed by atoms with van der Waals surface area (Å²) in [6.07, 6.45) is 1.59.